The van der Waals surface area contributed by atoms with Crippen molar-refractivity contribution in [3.8, 4) is 5.75 Å². The maximum Gasteiger partial charge on any atom is 0.325 e. The van der Waals surface area contributed by atoms with Crippen molar-refractivity contribution in [2.45, 2.75) is 31.3 Å². The van der Waals surface area contributed by atoms with E-state index in [-0.39, 0.29) is 11.9 Å². The standard InChI is InChI=1S/C20H20N2O3/c1-25-16-9-10-17-15(12-16)8-5-11-20(17)18(23)22(19(24)21-20)13-14-6-3-2-4-7-14/h2-4,6-7,9-10,12H,5,8,11,13H2,1H3,(H,21,24)/t20-/m1/s1. The van der Waals surface area contributed by atoms with Crippen LogP contribution >= 0.6 is 0 Å². The lowest BCUT2D eigenvalue weighted by Gasteiger charge is -2.33. The van der Waals surface area contributed by atoms with Crippen LogP contribution in [-0.2, 0) is 23.3 Å². The van der Waals surface area contributed by atoms with Crippen LogP contribution in [-0.4, -0.2) is 23.9 Å². The summed E-state index contributed by atoms with van der Waals surface area (Å²) in [7, 11) is 1.63. The number of hydrogen-bond acceptors (Lipinski definition) is 3. The van der Waals surface area contributed by atoms with E-state index in [2.05, 4.69) is 5.32 Å². The monoisotopic (exact) mass is 336 g/mol. The Labute approximate surface area is 146 Å². The van der Waals surface area contributed by atoms with Crippen LogP contribution in [0.15, 0.2) is 48.5 Å². The number of methoxy groups -OCH3 is 1. The molecule has 2 aromatic carbocycles. The lowest BCUT2D eigenvalue weighted by Crippen LogP contribution is -2.46. The van der Waals surface area contributed by atoms with Gasteiger partial charge in [-0.3, -0.25) is 9.69 Å². The number of aryl methyl sites for hydroxylation is 1. The van der Waals surface area contributed by atoms with Gasteiger partial charge in [0.05, 0.1) is 13.7 Å². The summed E-state index contributed by atoms with van der Waals surface area (Å²) in [6, 6.07) is 15.0. The normalized spacial score (nSPS) is 22.0. The molecule has 128 valence electrons. The summed E-state index contributed by atoms with van der Waals surface area (Å²) in [4.78, 5) is 27.1. The van der Waals surface area contributed by atoms with E-state index >= 15 is 0 Å². The molecule has 5 heteroatoms. The number of nitrogens with zero attached hydrogens (tertiary/aromatic N) is 1. The number of carbonyl (C=O) groups excluding carboxylic acids is 2. The maximum atomic E-state index is 13.2. The van der Waals surface area contributed by atoms with Crippen molar-refractivity contribution in [1.82, 2.24) is 10.2 Å². The van der Waals surface area contributed by atoms with Gasteiger partial charge < -0.3 is 10.1 Å². The molecule has 0 aromatic heterocycles. The van der Waals surface area contributed by atoms with Crippen molar-refractivity contribution in [2.24, 2.45) is 0 Å². The molecule has 4 rings (SSSR count). The second kappa shape index (κ2) is 5.92. The van der Waals surface area contributed by atoms with Crippen LogP contribution in [0, 0.1) is 0 Å². The highest BCUT2D eigenvalue weighted by atomic mass is 16.5. The summed E-state index contributed by atoms with van der Waals surface area (Å²) in [5, 5.41) is 2.98. The molecule has 2 aromatic rings. The number of hydrogen-bond donors (Lipinski definition) is 1. The molecule has 1 atom stereocenters. The molecule has 1 aliphatic carbocycles. The Hall–Kier alpha value is -2.82. The Balaban J connectivity index is 1.70. The van der Waals surface area contributed by atoms with Crippen molar-refractivity contribution in [3.05, 3.63) is 65.2 Å². The Morgan fingerprint density at radius 3 is 2.72 bits per heavy atom. The SMILES string of the molecule is COc1ccc2c(c1)CCC[C@@]21NC(=O)N(Cc2ccccc2)C1=O. The second-order valence-electron chi connectivity index (χ2n) is 6.59. The van der Waals surface area contributed by atoms with Gasteiger partial charge in [-0.2, -0.15) is 0 Å². The van der Waals surface area contributed by atoms with Gasteiger partial charge in [-0.15, -0.1) is 0 Å². The van der Waals surface area contributed by atoms with Gasteiger partial charge >= 0.3 is 6.03 Å². The summed E-state index contributed by atoms with van der Waals surface area (Å²) >= 11 is 0. The number of amides is 3. The van der Waals surface area contributed by atoms with Crippen molar-refractivity contribution in [3.63, 3.8) is 0 Å². The van der Waals surface area contributed by atoms with Gasteiger partial charge in [0.25, 0.3) is 5.91 Å². The summed E-state index contributed by atoms with van der Waals surface area (Å²) < 4.78 is 5.30. The third-order valence-corrected chi connectivity index (χ3v) is 5.13. The Morgan fingerprint density at radius 1 is 1.16 bits per heavy atom. The molecule has 1 spiro atoms. The zero-order valence-electron chi connectivity index (χ0n) is 14.1. The van der Waals surface area contributed by atoms with Gasteiger partial charge in [-0.05, 0) is 48.1 Å². The molecule has 1 aliphatic heterocycles. The summed E-state index contributed by atoms with van der Waals surface area (Å²) in [6.45, 7) is 0.290. The van der Waals surface area contributed by atoms with Crippen LogP contribution in [0.25, 0.3) is 0 Å². The lowest BCUT2D eigenvalue weighted by atomic mass is 9.76. The van der Waals surface area contributed by atoms with Crippen LogP contribution < -0.4 is 10.1 Å². The van der Waals surface area contributed by atoms with E-state index in [1.165, 1.54) is 4.90 Å². The topological polar surface area (TPSA) is 58.6 Å². The van der Waals surface area contributed by atoms with E-state index in [9.17, 15) is 9.59 Å². The summed E-state index contributed by atoms with van der Waals surface area (Å²) in [6.07, 6.45) is 2.36. The first-order valence-electron chi connectivity index (χ1n) is 8.49. The number of benzene rings is 2. The number of nitrogens with one attached hydrogen (secondary N) is 1. The van der Waals surface area contributed by atoms with Crippen LogP contribution in [0.3, 0.4) is 0 Å². The minimum atomic E-state index is -0.939. The number of rotatable bonds is 3. The predicted octanol–water partition coefficient (Wildman–Crippen LogP) is 2.98. The van der Waals surface area contributed by atoms with Gasteiger partial charge in [0.15, 0.2) is 0 Å². The molecule has 1 fully saturated rings. The summed E-state index contributed by atoms with van der Waals surface area (Å²) in [5.74, 6) is 0.612. The molecule has 2 aliphatic rings. The third-order valence-electron chi connectivity index (χ3n) is 5.13. The van der Waals surface area contributed by atoms with Crippen LogP contribution in [0.2, 0.25) is 0 Å². The number of fused-ring (bicyclic) bond motifs is 2. The zero-order valence-corrected chi connectivity index (χ0v) is 14.1. The molecule has 0 unspecified atom stereocenters. The first-order valence-corrected chi connectivity index (χ1v) is 8.49. The van der Waals surface area contributed by atoms with E-state index in [0.29, 0.717) is 13.0 Å². The Bertz CT molecular complexity index is 834. The van der Waals surface area contributed by atoms with Crippen LogP contribution in [0.4, 0.5) is 4.79 Å². The number of ether oxygens (including phenoxy) is 1. The second-order valence-corrected chi connectivity index (χ2v) is 6.59. The molecule has 0 saturated carbocycles. The average molecular weight is 336 g/mol. The molecule has 5 nitrogen and oxygen atoms in total. The van der Waals surface area contributed by atoms with Gasteiger partial charge in [0.1, 0.15) is 11.3 Å². The van der Waals surface area contributed by atoms with Gasteiger partial charge in [0, 0.05) is 0 Å². The van der Waals surface area contributed by atoms with Crippen LogP contribution in [0.5, 0.6) is 5.75 Å². The fourth-order valence-electron chi connectivity index (χ4n) is 3.89. The van der Waals surface area contributed by atoms with Gasteiger partial charge in [0.2, 0.25) is 0 Å². The molecular formula is C20H20N2O3. The fraction of sp³-hybridized carbons (Fsp3) is 0.300. The first-order chi connectivity index (χ1) is 12.1. The molecular weight excluding hydrogens is 316 g/mol. The minimum Gasteiger partial charge on any atom is -0.497 e. The zero-order chi connectivity index (χ0) is 17.4. The molecule has 25 heavy (non-hydrogen) atoms. The fourth-order valence-corrected chi connectivity index (χ4v) is 3.89. The van der Waals surface area contributed by atoms with E-state index in [1.807, 2.05) is 48.5 Å². The van der Waals surface area contributed by atoms with Crippen molar-refractivity contribution in [1.29, 1.82) is 0 Å². The number of imide groups is 1. The molecule has 0 radical (unpaired) electrons. The molecule has 1 saturated heterocycles. The lowest BCUT2D eigenvalue weighted by molar-refractivity contribution is -0.132. The summed E-state index contributed by atoms with van der Waals surface area (Å²) in [5.41, 5.74) is 1.97. The Morgan fingerprint density at radius 2 is 1.96 bits per heavy atom. The highest BCUT2D eigenvalue weighted by molar-refractivity contribution is 6.07. The van der Waals surface area contributed by atoms with E-state index in [4.69, 9.17) is 4.74 Å². The predicted molar refractivity (Wildman–Crippen MR) is 93.1 cm³/mol. The van der Waals surface area contributed by atoms with E-state index < -0.39 is 5.54 Å². The van der Waals surface area contributed by atoms with E-state index in [0.717, 1.165) is 35.3 Å². The van der Waals surface area contributed by atoms with E-state index in [1.54, 1.807) is 7.11 Å². The van der Waals surface area contributed by atoms with Crippen molar-refractivity contribution < 1.29 is 14.3 Å². The number of carbonyl (C=O) groups is 2. The minimum absolute atomic E-state index is 0.160. The van der Waals surface area contributed by atoms with Crippen molar-refractivity contribution in [2.75, 3.05) is 7.11 Å². The highest BCUT2D eigenvalue weighted by Crippen LogP contribution is 2.41. The molecule has 1 heterocycles. The largest absolute Gasteiger partial charge is 0.497 e. The van der Waals surface area contributed by atoms with Gasteiger partial charge in [-0.25, -0.2) is 4.79 Å². The number of urea groups is 1. The van der Waals surface area contributed by atoms with Gasteiger partial charge in [-0.1, -0.05) is 36.4 Å². The van der Waals surface area contributed by atoms with Crippen LogP contribution in [0.1, 0.15) is 29.5 Å². The Kier molecular flexibility index (Phi) is 3.71. The molecule has 1 N–H and O–H groups in total. The average Bonchev–Trinajstić information content (AvgIpc) is 2.87. The highest BCUT2D eigenvalue weighted by Gasteiger charge is 2.53. The quantitative estimate of drug-likeness (QED) is 0.877. The third kappa shape index (κ3) is 2.47. The van der Waals surface area contributed by atoms with Crippen molar-refractivity contribution >= 4 is 11.9 Å². The molecule has 0 bridgehead atoms. The smallest absolute Gasteiger partial charge is 0.325 e. The molecule has 3 amide bonds. The first kappa shape index (κ1) is 15.7. The maximum absolute atomic E-state index is 13.2.